The number of hydrogen-bond acceptors (Lipinski definition) is 6. The smallest absolute Gasteiger partial charge is 0.262 e. The third kappa shape index (κ3) is 8.24. The van der Waals surface area contributed by atoms with E-state index in [4.69, 9.17) is 16.3 Å². The third-order valence-electron chi connectivity index (χ3n) is 6.53. The predicted molar refractivity (Wildman–Crippen MR) is 159 cm³/mol. The number of amides is 2. The lowest BCUT2D eigenvalue weighted by molar-refractivity contribution is -0.124. The van der Waals surface area contributed by atoms with Gasteiger partial charge >= 0.3 is 0 Å². The molecule has 0 saturated carbocycles. The Bertz CT molecular complexity index is 1290. The molecule has 2 N–H and O–H groups in total. The van der Waals surface area contributed by atoms with E-state index in [1.807, 2.05) is 36.9 Å². The van der Waals surface area contributed by atoms with Crippen LogP contribution in [0.15, 0.2) is 42.5 Å². The second kappa shape index (κ2) is 15.0. The first-order chi connectivity index (χ1) is 18.8. The van der Waals surface area contributed by atoms with E-state index in [-0.39, 0.29) is 24.3 Å². The maximum absolute atomic E-state index is 13.5. The molecule has 1 heterocycles. The number of rotatable bonds is 14. The molecular weight excluding hydrogens is 536 g/mol. The van der Waals surface area contributed by atoms with Gasteiger partial charge in [0.15, 0.2) is 0 Å². The van der Waals surface area contributed by atoms with Crippen molar-refractivity contribution >= 4 is 52.9 Å². The molecule has 1 aromatic heterocycles. The highest BCUT2D eigenvalue weighted by molar-refractivity contribution is 7.80. The third-order valence-corrected chi connectivity index (χ3v) is 7.01. The van der Waals surface area contributed by atoms with Gasteiger partial charge in [-0.05, 0) is 74.3 Å². The van der Waals surface area contributed by atoms with Gasteiger partial charge in [0.25, 0.3) is 5.91 Å². The number of halogens is 1. The molecule has 2 aromatic carbocycles. The minimum Gasteiger partial charge on any atom is -0.497 e. The van der Waals surface area contributed by atoms with E-state index in [2.05, 4.69) is 23.3 Å². The van der Waals surface area contributed by atoms with Gasteiger partial charge < -0.3 is 15.4 Å². The van der Waals surface area contributed by atoms with E-state index < -0.39 is 0 Å². The standard InChI is InChI=1S/C29H37ClN4O4S/c1-4-15-33(19-28(36)32-14-17-39)16-12-27(35)31-13-11-24-20(2)34(26-10-9-23(38-3)18-25(24)26)29(37)21-5-7-22(30)8-6-21/h5-10,18,39H,4,11-17,19H2,1-3H3,(H,31,35)(H,32,36). The normalized spacial score (nSPS) is 11.1. The fourth-order valence-electron chi connectivity index (χ4n) is 4.60. The highest BCUT2D eigenvalue weighted by Crippen LogP contribution is 2.30. The summed E-state index contributed by atoms with van der Waals surface area (Å²) in [5.41, 5.74) is 3.10. The zero-order valence-electron chi connectivity index (χ0n) is 22.8. The molecule has 0 spiro atoms. The minimum absolute atomic E-state index is 0.0617. The van der Waals surface area contributed by atoms with Gasteiger partial charge in [-0.2, -0.15) is 12.6 Å². The van der Waals surface area contributed by atoms with Crippen molar-refractivity contribution in [3.05, 3.63) is 64.3 Å². The van der Waals surface area contributed by atoms with Crippen LogP contribution in [0, 0.1) is 6.92 Å². The van der Waals surface area contributed by atoms with E-state index in [1.54, 1.807) is 35.9 Å². The van der Waals surface area contributed by atoms with Crippen molar-refractivity contribution in [2.45, 2.75) is 33.1 Å². The summed E-state index contributed by atoms with van der Waals surface area (Å²) in [6.07, 6.45) is 1.74. The van der Waals surface area contributed by atoms with Gasteiger partial charge in [0.05, 0.1) is 19.2 Å². The Morgan fingerprint density at radius 3 is 2.41 bits per heavy atom. The molecule has 0 fully saturated rings. The van der Waals surface area contributed by atoms with E-state index in [0.29, 0.717) is 54.6 Å². The molecule has 39 heavy (non-hydrogen) atoms. The summed E-state index contributed by atoms with van der Waals surface area (Å²) in [5, 5.41) is 7.28. The van der Waals surface area contributed by atoms with Crippen molar-refractivity contribution in [1.29, 1.82) is 0 Å². The number of nitrogens with zero attached hydrogens (tertiary/aromatic N) is 2. The molecule has 0 radical (unpaired) electrons. The molecule has 0 aliphatic heterocycles. The average Bonchev–Trinajstić information content (AvgIpc) is 3.20. The number of carbonyl (C=O) groups is 3. The predicted octanol–water partition coefficient (Wildman–Crippen LogP) is 4.11. The fourth-order valence-corrected chi connectivity index (χ4v) is 4.84. The van der Waals surface area contributed by atoms with Gasteiger partial charge in [0.1, 0.15) is 5.75 Å². The van der Waals surface area contributed by atoms with Crippen LogP contribution in [0.5, 0.6) is 5.75 Å². The first-order valence-corrected chi connectivity index (χ1v) is 14.1. The number of benzene rings is 2. The molecule has 0 saturated heterocycles. The monoisotopic (exact) mass is 572 g/mol. The van der Waals surface area contributed by atoms with Crippen molar-refractivity contribution in [2.24, 2.45) is 0 Å². The Balaban J connectivity index is 1.69. The summed E-state index contributed by atoms with van der Waals surface area (Å²) in [6, 6.07) is 12.5. The number of carbonyl (C=O) groups excluding carboxylic acids is 3. The Labute approximate surface area is 240 Å². The van der Waals surface area contributed by atoms with Crippen molar-refractivity contribution in [3.8, 4) is 5.75 Å². The van der Waals surface area contributed by atoms with Gasteiger partial charge in [-0.25, -0.2) is 0 Å². The molecule has 8 nitrogen and oxygen atoms in total. The van der Waals surface area contributed by atoms with Crippen LogP contribution < -0.4 is 15.4 Å². The van der Waals surface area contributed by atoms with Crippen molar-refractivity contribution in [2.75, 3.05) is 45.6 Å². The molecule has 3 rings (SSSR count). The molecular formula is C29H37ClN4O4S. The van der Waals surface area contributed by atoms with Crippen LogP contribution in [0.4, 0.5) is 0 Å². The van der Waals surface area contributed by atoms with Crippen LogP contribution in [0.25, 0.3) is 10.9 Å². The van der Waals surface area contributed by atoms with Crippen LogP contribution in [0.3, 0.4) is 0 Å². The number of hydrogen-bond donors (Lipinski definition) is 3. The van der Waals surface area contributed by atoms with Crippen LogP contribution in [-0.4, -0.2) is 72.8 Å². The fraction of sp³-hybridized carbons (Fsp3) is 0.414. The van der Waals surface area contributed by atoms with Gasteiger partial charge in [0.2, 0.25) is 11.8 Å². The Kier molecular flexibility index (Phi) is 11.7. The van der Waals surface area contributed by atoms with Crippen LogP contribution in [-0.2, 0) is 16.0 Å². The molecule has 210 valence electrons. The second-order valence-corrected chi connectivity index (χ2v) is 10.2. The molecule has 2 amide bonds. The largest absolute Gasteiger partial charge is 0.497 e. The highest BCUT2D eigenvalue weighted by atomic mass is 35.5. The van der Waals surface area contributed by atoms with Gasteiger partial charge in [0, 0.05) is 53.5 Å². The van der Waals surface area contributed by atoms with Gasteiger partial charge in [-0.3, -0.25) is 23.9 Å². The molecule has 0 aliphatic rings. The minimum atomic E-state index is -0.149. The lowest BCUT2D eigenvalue weighted by Gasteiger charge is -2.20. The lowest BCUT2D eigenvalue weighted by Crippen LogP contribution is -2.40. The number of fused-ring (bicyclic) bond motifs is 1. The van der Waals surface area contributed by atoms with Crippen LogP contribution in [0.1, 0.15) is 41.4 Å². The summed E-state index contributed by atoms with van der Waals surface area (Å²) in [5.74, 6) is 0.987. The van der Waals surface area contributed by atoms with Gasteiger partial charge in [-0.1, -0.05) is 18.5 Å². The number of ether oxygens (including phenoxy) is 1. The number of nitrogens with one attached hydrogen (secondary N) is 2. The van der Waals surface area contributed by atoms with E-state index in [1.165, 1.54) is 0 Å². The van der Waals surface area contributed by atoms with Crippen molar-refractivity contribution in [3.63, 3.8) is 0 Å². The maximum atomic E-state index is 13.5. The van der Waals surface area contributed by atoms with Crippen molar-refractivity contribution < 1.29 is 19.1 Å². The van der Waals surface area contributed by atoms with Crippen LogP contribution in [0.2, 0.25) is 5.02 Å². The quantitative estimate of drug-likeness (QED) is 0.253. The number of methoxy groups -OCH3 is 1. The molecule has 0 unspecified atom stereocenters. The molecule has 0 aliphatic carbocycles. The van der Waals surface area contributed by atoms with Crippen LogP contribution >= 0.6 is 24.2 Å². The highest BCUT2D eigenvalue weighted by Gasteiger charge is 2.21. The summed E-state index contributed by atoms with van der Waals surface area (Å²) < 4.78 is 7.14. The molecule has 10 heteroatoms. The number of thiol groups is 1. The zero-order chi connectivity index (χ0) is 28.4. The summed E-state index contributed by atoms with van der Waals surface area (Å²) in [4.78, 5) is 40.2. The Hall–Kier alpha value is -3.01. The molecule has 0 atom stereocenters. The van der Waals surface area contributed by atoms with E-state index in [0.717, 1.165) is 35.1 Å². The van der Waals surface area contributed by atoms with Gasteiger partial charge in [-0.15, -0.1) is 0 Å². The summed E-state index contributed by atoms with van der Waals surface area (Å²) in [6.45, 7) is 6.40. The summed E-state index contributed by atoms with van der Waals surface area (Å²) in [7, 11) is 1.61. The topological polar surface area (TPSA) is 92.7 Å². The summed E-state index contributed by atoms with van der Waals surface area (Å²) >= 11 is 10.1. The SMILES string of the molecule is CCCN(CCC(=O)NCCc1c(C)n(C(=O)c2ccc(Cl)cc2)c2ccc(OC)cc12)CC(=O)NCCS. The van der Waals surface area contributed by atoms with E-state index >= 15 is 0 Å². The Morgan fingerprint density at radius 1 is 1.03 bits per heavy atom. The number of aromatic nitrogens is 1. The maximum Gasteiger partial charge on any atom is 0.262 e. The molecule has 3 aromatic rings. The average molecular weight is 573 g/mol. The first kappa shape index (κ1) is 30.5. The second-order valence-electron chi connectivity index (χ2n) is 9.29. The molecule has 0 bridgehead atoms. The zero-order valence-corrected chi connectivity index (χ0v) is 24.4. The Morgan fingerprint density at radius 2 is 1.74 bits per heavy atom. The van der Waals surface area contributed by atoms with Crippen molar-refractivity contribution in [1.82, 2.24) is 20.1 Å². The first-order valence-electron chi connectivity index (χ1n) is 13.1. The lowest BCUT2D eigenvalue weighted by atomic mass is 10.1. The van der Waals surface area contributed by atoms with E-state index in [9.17, 15) is 14.4 Å².